The van der Waals surface area contributed by atoms with Crippen LogP contribution in [0, 0.1) is 0 Å². The molecule has 0 bridgehead atoms. The lowest BCUT2D eigenvalue weighted by Gasteiger charge is -2.11. The normalized spacial score (nSPS) is 12.3. The average Bonchev–Trinajstić information content (AvgIpc) is 2.46. The summed E-state index contributed by atoms with van der Waals surface area (Å²) in [5.41, 5.74) is 1.24. The number of ether oxygens (including phenoxy) is 1. The second-order valence-corrected chi connectivity index (χ2v) is 5.76. The summed E-state index contributed by atoms with van der Waals surface area (Å²) in [4.78, 5) is 11.3. The molecule has 0 aromatic heterocycles. The summed E-state index contributed by atoms with van der Waals surface area (Å²) in [6, 6.07) is 14.6. The number of halogens is 1. The van der Waals surface area contributed by atoms with Crippen molar-refractivity contribution < 1.29 is 9.53 Å². The molecule has 0 aliphatic heterocycles. The Hall–Kier alpha value is -1.14. The second-order valence-electron chi connectivity index (χ2n) is 4.26. The Morgan fingerprint density at radius 2 is 2.00 bits per heavy atom. The van der Waals surface area contributed by atoms with Crippen molar-refractivity contribution >= 4 is 39.3 Å². The molecule has 0 aliphatic rings. The third-order valence-corrected chi connectivity index (χ3v) is 3.92. The summed E-state index contributed by atoms with van der Waals surface area (Å²) in [5.74, 6) is -0.189. The van der Waals surface area contributed by atoms with Gasteiger partial charge in [0.25, 0.3) is 0 Å². The van der Waals surface area contributed by atoms with Crippen LogP contribution < -0.4 is 5.32 Å². The molecule has 0 aliphatic carbocycles. The van der Waals surface area contributed by atoms with Crippen molar-refractivity contribution in [2.24, 2.45) is 0 Å². The van der Waals surface area contributed by atoms with Gasteiger partial charge in [-0.15, -0.1) is 0 Å². The fourth-order valence-electron chi connectivity index (χ4n) is 1.99. The lowest BCUT2D eigenvalue weighted by Crippen LogP contribution is -2.29. The minimum atomic E-state index is -0.189. The molecule has 2 aromatic carbocycles. The van der Waals surface area contributed by atoms with E-state index in [1.165, 1.54) is 23.4 Å². The van der Waals surface area contributed by atoms with Gasteiger partial charge in [0.15, 0.2) is 0 Å². The van der Waals surface area contributed by atoms with Crippen molar-refractivity contribution in [3.63, 3.8) is 0 Å². The van der Waals surface area contributed by atoms with Gasteiger partial charge in [-0.2, -0.15) is 0 Å². The molecule has 0 spiro atoms. The van der Waals surface area contributed by atoms with Crippen LogP contribution in [0.4, 0.5) is 0 Å². The van der Waals surface area contributed by atoms with Crippen LogP contribution in [0.15, 0.2) is 42.5 Å². The minimum absolute atomic E-state index is 0.155. The zero-order valence-electron chi connectivity index (χ0n) is 10.7. The number of alkyl halides is 1. The summed E-state index contributed by atoms with van der Waals surface area (Å²) < 4.78 is 4.54. The molecule has 2 rings (SSSR count). The van der Waals surface area contributed by atoms with Crippen LogP contribution in [0.3, 0.4) is 0 Å². The van der Waals surface area contributed by atoms with Crippen LogP contribution in [0.5, 0.6) is 0 Å². The number of benzene rings is 2. The first-order valence-electron chi connectivity index (χ1n) is 6.11. The van der Waals surface area contributed by atoms with E-state index in [4.69, 9.17) is 4.74 Å². The number of hydrogen-bond donors (Lipinski definition) is 1. The number of carbonyl (C=O) groups excluding carboxylic acids is 1. The van der Waals surface area contributed by atoms with Crippen molar-refractivity contribution in [2.75, 3.05) is 13.7 Å². The largest absolute Gasteiger partial charge is 0.468 e. The van der Waals surface area contributed by atoms with Crippen molar-refractivity contribution in [1.29, 1.82) is 0 Å². The number of fused-ring (bicyclic) bond motifs is 1. The van der Waals surface area contributed by atoms with Gasteiger partial charge in [-0.05, 0) is 16.3 Å². The maximum absolute atomic E-state index is 11.3. The highest BCUT2D eigenvalue weighted by molar-refractivity contribution is 14.1. The lowest BCUT2D eigenvalue weighted by atomic mass is 10.0. The van der Waals surface area contributed by atoms with Crippen LogP contribution in [-0.2, 0) is 16.1 Å². The highest BCUT2D eigenvalue weighted by atomic mass is 127. The van der Waals surface area contributed by atoms with E-state index in [0.717, 1.165) is 6.54 Å². The van der Waals surface area contributed by atoms with Gasteiger partial charge in [-0.25, -0.2) is 0 Å². The highest BCUT2D eigenvalue weighted by Crippen LogP contribution is 2.18. The number of rotatable bonds is 5. The first-order chi connectivity index (χ1) is 9.22. The van der Waals surface area contributed by atoms with E-state index in [1.807, 2.05) is 12.1 Å². The van der Waals surface area contributed by atoms with Crippen molar-refractivity contribution in [3.8, 4) is 0 Å². The van der Waals surface area contributed by atoms with Gasteiger partial charge in [0, 0.05) is 13.1 Å². The van der Waals surface area contributed by atoms with E-state index < -0.39 is 0 Å². The third kappa shape index (κ3) is 3.67. The minimum Gasteiger partial charge on any atom is -0.468 e. The van der Waals surface area contributed by atoms with E-state index in [9.17, 15) is 4.79 Å². The molecule has 3 nitrogen and oxygen atoms in total. The molecule has 0 saturated heterocycles. The Bertz CT molecular complexity index is 566. The van der Waals surface area contributed by atoms with Crippen LogP contribution in [0.1, 0.15) is 5.56 Å². The smallest absolute Gasteiger partial charge is 0.319 e. The summed E-state index contributed by atoms with van der Waals surface area (Å²) in [7, 11) is 1.42. The second kappa shape index (κ2) is 6.86. The molecule has 0 fully saturated rings. The number of carbonyl (C=O) groups is 1. The van der Waals surface area contributed by atoms with Crippen molar-refractivity contribution in [3.05, 3.63) is 48.0 Å². The van der Waals surface area contributed by atoms with Gasteiger partial charge >= 0.3 is 5.97 Å². The average molecular weight is 369 g/mol. The maximum atomic E-state index is 11.3. The Morgan fingerprint density at radius 1 is 1.26 bits per heavy atom. The number of hydrogen-bond acceptors (Lipinski definition) is 3. The van der Waals surface area contributed by atoms with Gasteiger partial charge < -0.3 is 10.1 Å². The molecular weight excluding hydrogens is 353 g/mol. The van der Waals surface area contributed by atoms with Gasteiger partial charge in [-0.1, -0.05) is 65.1 Å². The van der Waals surface area contributed by atoms with Crippen LogP contribution >= 0.6 is 22.6 Å². The molecule has 4 heteroatoms. The molecular formula is C15H16INO2. The van der Waals surface area contributed by atoms with Crippen LogP contribution in [-0.4, -0.2) is 23.5 Å². The fraction of sp³-hybridized carbons (Fsp3) is 0.267. The summed E-state index contributed by atoms with van der Waals surface area (Å²) in [6.45, 7) is 1.36. The quantitative estimate of drug-likeness (QED) is 0.501. The molecule has 0 saturated carbocycles. The molecule has 0 heterocycles. The predicted octanol–water partition coefficient (Wildman–Crippen LogP) is 2.91. The molecule has 2 aromatic rings. The molecule has 1 atom stereocenters. The molecule has 19 heavy (non-hydrogen) atoms. The molecule has 0 radical (unpaired) electrons. The zero-order chi connectivity index (χ0) is 13.7. The third-order valence-electron chi connectivity index (χ3n) is 2.98. The first-order valence-corrected chi connectivity index (χ1v) is 7.36. The predicted molar refractivity (Wildman–Crippen MR) is 85.5 cm³/mol. The van der Waals surface area contributed by atoms with E-state index in [0.29, 0.717) is 6.54 Å². The Morgan fingerprint density at radius 3 is 2.79 bits per heavy atom. The van der Waals surface area contributed by atoms with Gasteiger partial charge in [0.05, 0.1) is 7.11 Å². The summed E-state index contributed by atoms with van der Waals surface area (Å²) in [5, 5.41) is 5.79. The number of nitrogens with one attached hydrogen (secondary N) is 1. The first kappa shape index (κ1) is 14.3. The highest BCUT2D eigenvalue weighted by Gasteiger charge is 2.14. The Balaban J connectivity index is 2.00. The maximum Gasteiger partial charge on any atom is 0.319 e. The fourth-order valence-corrected chi connectivity index (χ4v) is 2.56. The Kier molecular flexibility index (Phi) is 5.15. The van der Waals surface area contributed by atoms with E-state index >= 15 is 0 Å². The summed E-state index contributed by atoms with van der Waals surface area (Å²) >= 11 is 2.09. The molecule has 100 valence electrons. The number of esters is 1. The van der Waals surface area contributed by atoms with E-state index in [-0.39, 0.29) is 9.89 Å². The van der Waals surface area contributed by atoms with Crippen molar-refractivity contribution in [2.45, 2.75) is 10.5 Å². The van der Waals surface area contributed by atoms with Gasteiger partial charge in [0.1, 0.15) is 3.92 Å². The zero-order valence-corrected chi connectivity index (χ0v) is 12.9. The topological polar surface area (TPSA) is 38.3 Å². The number of methoxy groups -OCH3 is 1. The molecule has 0 amide bonds. The van der Waals surface area contributed by atoms with E-state index in [1.54, 1.807) is 0 Å². The molecule has 1 unspecified atom stereocenters. The standard InChI is InChI=1S/C15H16INO2/c1-19-15(18)14(16)10-17-9-12-7-4-6-11-5-2-3-8-13(11)12/h2-8,14,17H,9-10H2,1H3. The van der Waals surface area contributed by atoms with E-state index in [2.05, 4.69) is 58.2 Å². The van der Waals surface area contributed by atoms with Crippen LogP contribution in [0.25, 0.3) is 10.8 Å². The summed E-state index contributed by atoms with van der Waals surface area (Å²) in [6.07, 6.45) is 0. The van der Waals surface area contributed by atoms with Crippen molar-refractivity contribution in [1.82, 2.24) is 5.32 Å². The SMILES string of the molecule is COC(=O)C(I)CNCc1cccc2ccccc12. The lowest BCUT2D eigenvalue weighted by molar-refractivity contribution is -0.139. The molecule has 1 N–H and O–H groups in total. The van der Waals surface area contributed by atoms with Crippen LogP contribution in [0.2, 0.25) is 0 Å². The van der Waals surface area contributed by atoms with Gasteiger partial charge in [0.2, 0.25) is 0 Å². The van der Waals surface area contributed by atoms with Gasteiger partial charge in [-0.3, -0.25) is 4.79 Å². The monoisotopic (exact) mass is 369 g/mol. The Labute approximate surface area is 126 Å².